The van der Waals surface area contributed by atoms with E-state index in [4.69, 9.17) is 9.47 Å². The van der Waals surface area contributed by atoms with Gasteiger partial charge in [0.05, 0.1) is 31.5 Å². The molecule has 0 spiro atoms. The number of benzene rings is 3. The van der Waals surface area contributed by atoms with Crippen molar-refractivity contribution < 1.29 is 23.9 Å². The summed E-state index contributed by atoms with van der Waals surface area (Å²) in [4.78, 5) is 45.2. The van der Waals surface area contributed by atoms with Crippen molar-refractivity contribution in [3.8, 4) is 5.75 Å². The van der Waals surface area contributed by atoms with Crippen LogP contribution in [0.3, 0.4) is 0 Å². The van der Waals surface area contributed by atoms with Crippen molar-refractivity contribution in [1.29, 1.82) is 0 Å². The van der Waals surface area contributed by atoms with Gasteiger partial charge in [0.15, 0.2) is 12.1 Å². The molecule has 1 fully saturated rings. The maximum absolute atomic E-state index is 13.6. The van der Waals surface area contributed by atoms with E-state index in [1.165, 1.54) is 12.0 Å². The molecule has 2 unspecified atom stereocenters. The Morgan fingerprint density at radius 2 is 1.68 bits per heavy atom. The number of carbonyl (C=O) groups is 3. The molecule has 1 aromatic heterocycles. The van der Waals surface area contributed by atoms with Gasteiger partial charge in [-0.25, -0.2) is 4.79 Å². The summed E-state index contributed by atoms with van der Waals surface area (Å²) in [5, 5.41) is 5.76. The molecule has 9 heteroatoms. The van der Waals surface area contributed by atoms with Crippen LogP contribution in [0.15, 0.2) is 97.2 Å². The predicted octanol–water partition coefficient (Wildman–Crippen LogP) is 5.03. The highest BCUT2D eigenvalue weighted by Crippen LogP contribution is 2.35. The smallest absolute Gasteiger partial charge is 0.411 e. The molecule has 0 aliphatic carbocycles. The Balaban J connectivity index is 1.36. The van der Waals surface area contributed by atoms with Gasteiger partial charge in [0.1, 0.15) is 5.75 Å². The first-order valence-corrected chi connectivity index (χ1v) is 13.2. The normalized spacial score (nSPS) is 16.1. The standard InChI is InChI=1S/C32H30N4O5/c1-21-10-12-22(13-11-21)20-36-28(31(38)34-19-25-7-5-6-18-33-25)29(41-32(36)39)23-14-16-24(17-15-23)35-30(37)26-8-3-4-9-27(26)40-2/h3-18,28-29H,19-20H2,1-2H3,(H,34,38)(H,35,37). The minimum atomic E-state index is -0.915. The number of nitrogens with zero attached hydrogens (tertiary/aromatic N) is 2. The zero-order valence-corrected chi connectivity index (χ0v) is 22.7. The lowest BCUT2D eigenvalue weighted by Crippen LogP contribution is -2.46. The molecule has 1 aliphatic rings. The Hall–Kier alpha value is -5.18. The van der Waals surface area contributed by atoms with Crippen molar-refractivity contribution in [2.24, 2.45) is 0 Å². The largest absolute Gasteiger partial charge is 0.496 e. The van der Waals surface area contributed by atoms with E-state index in [-0.39, 0.29) is 24.9 Å². The number of para-hydroxylation sites is 1. The number of aromatic nitrogens is 1. The molecule has 0 saturated carbocycles. The van der Waals surface area contributed by atoms with Crippen molar-refractivity contribution in [3.63, 3.8) is 0 Å². The van der Waals surface area contributed by atoms with E-state index in [1.807, 2.05) is 43.3 Å². The van der Waals surface area contributed by atoms with E-state index in [0.29, 0.717) is 28.3 Å². The number of hydrogen-bond donors (Lipinski definition) is 2. The highest BCUT2D eigenvalue weighted by atomic mass is 16.6. The summed E-state index contributed by atoms with van der Waals surface area (Å²) in [7, 11) is 1.51. The molecule has 208 valence electrons. The van der Waals surface area contributed by atoms with E-state index >= 15 is 0 Å². The highest BCUT2D eigenvalue weighted by Gasteiger charge is 2.47. The van der Waals surface area contributed by atoms with Crippen molar-refractivity contribution in [1.82, 2.24) is 15.2 Å². The molecule has 41 heavy (non-hydrogen) atoms. The summed E-state index contributed by atoms with van der Waals surface area (Å²) in [5.41, 5.74) is 4.24. The van der Waals surface area contributed by atoms with Crippen molar-refractivity contribution in [3.05, 3.63) is 125 Å². The van der Waals surface area contributed by atoms with Gasteiger partial charge < -0.3 is 20.1 Å². The molecule has 2 atom stereocenters. The number of ether oxygens (including phenoxy) is 2. The molecule has 1 saturated heterocycles. The van der Waals surface area contributed by atoms with Crippen LogP contribution >= 0.6 is 0 Å². The minimum absolute atomic E-state index is 0.212. The number of rotatable bonds is 9. The number of nitrogens with one attached hydrogen (secondary N) is 2. The van der Waals surface area contributed by atoms with E-state index in [1.54, 1.807) is 60.8 Å². The van der Waals surface area contributed by atoms with Crippen LogP contribution in [-0.2, 0) is 22.6 Å². The number of anilines is 1. The van der Waals surface area contributed by atoms with Crippen LogP contribution in [0.4, 0.5) is 10.5 Å². The van der Waals surface area contributed by atoms with Crippen LogP contribution in [0.2, 0.25) is 0 Å². The van der Waals surface area contributed by atoms with Gasteiger partial charge in [-0.05, 0) is 54.4 Å². The number of amides is 3. The van der Waals surface area contributed by atoms with Crippen LogP contribution in [0.25, 0.3) is 0 Å². The number of cyclic esters (lactones) is 1. The summed E-state index contributed by atoms with van der Waals surface area (Å²) in [5.74, 6) is -0.210. The molecule has 5 rings (SSSR count). The van der Waals surface area contributed by atoms with Crippen LogP contribution in [-0.4, -0.2) is 40.9 Å². The van der Waals surface area contributed by atoms with Gasteiger partial charge in [-0.2, -0.15) is 0 Å². The average molecular weight is 551 g/mol. The number of hydrogen-bond acceptors (Lipinski definition) is 6. The molecule has 1 aliphatic heterocycles. The molecule has 2 heterocycles. The van der Waals surface area contributed by atoms with Crippen LogP contribution in [0.1, 0.15) is 38.8 Å². The molecule has 2 N–H and O–H groups in total. The van der Waals surface area contributed by atoms with Crippen LogP contribution < -0.4 is 15.4 Å². The fourth-order valence-electron chi connectivity index (χ4n) is 4.67. The second kappa shape index (κ2) is 12.3. The van der Waals surface area contributed by atoms with E-state index in [9.17, 15) is 14.4 Å². The molecule has 3 aromatic carbocycles. The lowest BCUT2D eigenvalue weighted by atomic mass is 10.00. The van der Waals surface area contributed by atoms with Gasteiger partial charge in [0.2, 0.25) is 5.91 Å². The lowest BCUT2D eigenvalue weighted by molar-refractivity contribution is -0.126. The first-order chi connectivity index (χ1) is 19.9. The third kappa shape index (κ3) is 6.36. The fourth-order valence-corrected chi connectivity index (χ4v) is 4.67. The van der Waals surface area contributed by atoms with Crippen LogP contribution in [0, 0.1) is 6.92 Å². The first-order valence-electron chi connectivity index (χ1n) is 13.2. The second-order valence-corrected chi connectivity index (χ2v) is 9.68. The number of carbonyl (C=O) groups excluding carboxylic acids is 3. The fraction of sp³-hybridized carbons (Fsp3) is 0.188. The van der Waals surface area contributed by atoms with Gasteiger partial charge in [0.25, 0.3) is 5.91 Å². The predicted molar refractivity (Wildman–Crippen MR) is 153 cm³/mol. The SMILES string of the molecule is COc1ccccc1C(=O)Nc1ccc(C2OC(=O)N(Cc3ccc(C)cc3)C2C(=O)NCc2ccccn2)cc1. The average Bonchev–Trinajstić information content (AvgIpc) is 3.33. The lowest BCUT2D eigenvalue weighted by Gasteiger charge is -2.24. The summed E-state index contributed by atoms with van der Waals surface area (Å²) in [6, 6.07) is 26.2. The summed E-state index contributed by atoms with van der Waals surface area (Å²) >= 11 is 0. The number of pyridine rings is 1. The Kier molecular flexibility index (Phi) is 8.24. The van der Waals surface area contributed by atoms with Gasteiger partial charge in [0, 0.05) is 11.9 Å². The maximum atomic E-state index is 13.6. The van der Waals surface area contributed by atoms with Gasteiger partial charge in [-0.3, -0.25) is 19.5 Å². The molecule has 3 amide bonds. The first kappa shape index (κ1) is 27.4. The second-order valence-electron chi connectivity index (χ2n) is 9.68. The minimum Gasteiger partial charge on any atom is -0.496 e. The molecule has 9 nitrogen and oxygen atoms in total. The Morgan fingerprint density at radius 1 is 0.951 bits per heavy atom. The summed E-state index contributed by atoms with van der Waals surface area (Å²) in [6.07, 6.45) is 0.225. The van der Waals surface area contributed by atoms with Gasteiger partial charge in [-0.15, -0.1) is 0 Å². The van der Waals surface area contributed by atoms with Gasteiger partial charge in [-0.1, -0.05) is 60.2 Å². The van der Waals surface area contributed by atoms with E-state index in [2.05, 4.69) is 15.6 Å². The topological polar surface area (TPSA) is 110 Å². The molecule has 0 bridgehead atoms. The third-order valence-electron chi connectivity index (χ3n) is 6.85. The van der Waals surface area contributed by atoms with E-state index in [0.717, 1.165) is 11.1 Å². The van der Waals surface area contributed by atoms with Crippen LogP contribution in [0.5, 0.6) is 5.75 Å². The number of methoxy groups -OCH3 is 1. The summed E-state index contributed by atoms with van der Waals surface area (Å²) < 4.78 is 11.1. The summed E-state index contributed by atoms with van der Waals surface area (Å²) in [6.45, 7) is 2.41. The third-order valence-corrected chi connectivity index (χ3v) is 6.85. The van der Waals surface area contributed by atoms with Crippen molar-refractivity contribution in [2.75, 3.05) is 12.4 Å². The molecule has 4 aromatic rings. The van der Waals surface area contributed by atoms with Crippen molar-refractivity contribution in [2.45, 2.75) is 32.2 Å². The zero-order valence-electron chi connectivity index (χ0n) is 22.7. The molecule has 0 radical (unpaired) electrons. The van der Waals surface area contributed by atoms with Crippen molar-refractivity contribution >= 4 is 23.6 Å². The highest BCUT2D eigenvalue weighted by molar-refractivity contribution is 6.06. The quantitative estimate of drug-likeness (QED) is 0.303. The Morgan fingerprint density at radius 3 is 2.39 bits per heavy atom. The van der Waals surface area contributed by atoms with E-state index < -0.39 is 18.2 Å². The Bertz CT molecular complexity index is 1520. The van der Waals surface area contributed by atoms with Gasteiger partial charge >= 0.3 is 6.09 Å². The monoisotopic (exact) mass is 550 g/mol. The maximum Gasteiger partial charge on any atom is 0.411 e. The molecular formula is C32H30N4O5. The number of aryl methyl sites for hydroxylation is 1. The Labute approximate surface area is 238 Å². The molecular weight excluding hydrogens is 520 g/mol. The zero-order chi connectivity index (χ0) is 28.8.